The normalized spacial score (nSPS) is 12.6. The Balaban J connectivity index is 2.48. The molecule has 0 saturated heterocycles. The zero-order chi connectivity index (χ0) is 15.4. The van der Waals surface area contributed by atoms with Crippen molar-refractivity contribution in [1.82, 2.24) is 5.32 Å². The van der Waals surface area contributed by atoms with Gasteiger partial charge in [0, 0.05) is 9.35 Å². The maximum absolute atomic E-state index is 3.75. The van der Waals surface area contributed by atoms with Gasteiger partial charge in [0.15, 0.2) is 0 Å². The van der Waals surface area contributed by atoms with E-state index in [9.17, 15) is 0 Å². The van der Waals surface area contributed by atoms with Crippen LogP contribution in [0.15, 0.2) is 28.1 Å². The molecule has 0 aliphatic carbocycles. The first-order valence-corrected chi connectivity index (χ1v) is 9.32. The minimum atomic E-state index is 0.312. The average molecular weight is 366 g/mol. The Bertz CT molecular complexity index is 603. The van der Waals surface area contributed by atoms with Crippen LogP contribution in [-0.4, -0.2) is 6.54 Å². The van der Waals surface area contributed by atoms with Crippen molar-refractivity contribution in [3.8, 4) is 0 Å². The van der Waals surface area contributed by atoms with Crippen molar-refractivity contribution in [2.45, 2.75) is 46.6 Å². The van der Waals surface area contributed by atoms with Crippen molar-refractivity contribution in [2.24, 2.45) is 0 Å². The highest BCUT2D eigenvalue weighted by Gasteiger charge is 2.20. The highest BCUT2D eigenvalue weighted by atomic mass is 79.9. The molecule has 0 spiro atoms. The van der Waals surface area contributed by atoms with Crippen LogP contribution in [0.25, 0.3) is 0 Å². The Kier molecular flexibility index (Phi) is 6.03. The van der Waals surface area contributed by atoms with Gasteiger partial charge in [0.2, 0.25) is 0 Å². The number of rotatable bonds is 6. The SMILES string of the molecule is CCCNC(c1cc(C)c(Br)cc1C)c1sccc1CC. The van der Waals surface area contributed by atoms with E-state index in [1.165, 1.54) is 31.6 Å². The van der Waals surface area contributed by atoms with Crippen molar-refractivity contribution < 1.29 is 0 Å². The van der Waals surface area contributed by atoms with Gasteiger partial charge in [0.05, 0.1) is 6.04 Å². The summed E-state index contributed by atoms with van der Waals surface area (Å²) in [6, 6.07) is 7.14. The fraction of sp³-hybridized carbons (Fsp3) is 0.444. The second-order valence-electron chi connectivity index (χ2n) is 5.51. The highest BCUT2D eigenvalue weighted by Crippen LogP contribution is 2.34. The molecule has 0 aliphatic heterocycles. The van der Waals surface area contributed by atoms with Crippen LogP contribution in [0.5, 0.6) is 0 Å². The zero-order valence-electron chi connectivity index (χ0n) is 13.3. The standard InChI is InChI=1S/C18H24BrNS/c1-5-8-20-17(18-14(6-2)7-9-21-18)15-10-13(4)16(19)11-12(15)3/h7,9-11,17,20H,5-6,8H2,1-4H3. The third-order valence-corrected chi connectivity index (χ3v) is 5.76. The Morgan fingerprint density at radius 3 is 2.62 bits per heavy atom. The largest absolute Gasteiger partial charge is 0.306 e. The van der Waals surface area contributed by atoms with Crippen molar-refractivity contribution in [3.05, 3.63) is 55.2 Å². The van der Waals surface area contributed by atoms with E-state index in [2.05, 4.69) is 72.5 Å². The van der Waals surface area contributed by atoms with E-state index in [-0.39, 0.29) is 0 Å². The fourth-order valence-electron chi connectivity index (χ4n) is 2.64. The van der Waals surface area contributed by atoms with E-state index in [1.54, 1.807) is 0 Å². The lowest BCUT2D eigenvalue weighted by molar-refractivity contribution is 0.600. The van der Waals surface area contributed by atoms with Crippen LogP contribution >= 0.6 is 27.3 Å². The van der Waals surface area contributed by atoms with Crippen LogP contribution in [0.1, 0.15) is 53.4 Å². The maximum atomic E-state index is 3.75. The molecule has 1 atom stereocenters. The minimum absolute atomic E-state index is 0.312. The number of aryl methyl sites for hydroxylation is 3. The van der Waals surface area contributed by atoms with Gasteiger partial charge in [-0.2, -0.15) is 0 Å². The molecule has 21 heavy (non-hydrogen) atoms. The molecule has 0 radical (unpaired) electrons. The van der Waals surface area contributed by atoms with Crippen LogP contribution in [-0.2, 0) is 6.42 Å². The molecule has 114 valence electrons. The molecule has 1 aromatic heterocycles. The van der Waals surface area contributed by atoms with Gasteiger partial charge in [0.25, 0.3) is 0 Å². The lowest BCUT2D eigenvalue weighted by Gasteiger charge is -2.22. The molecule has 3 heteroatoms. The molecule has 1 aromatic carbocycles. The minimum Gasteiger partial charge on any atom is -0.306 e. The summed E-state index contributed by atoms with van der Waals surface area (Å²) >= 11 is 5.51. The Labute approximate surface area is 140 Å². The number of hydrogen-bond donors (Lipinski definition) is 1. The highest BCUT2D eigenvalue weighted by molar-refractivity contribution is 9.10. The molecule has 1 N–H and O–H groups in total. The predicted octanol–water partition coefficient (Wildman–Crippen LogP) is 5.78. The summed E-state index contributed by atoms with van der Waals surface area (Å²) in [6.07, 6.45) is 2.25. The lowest BCUT2D eigenvalue weighted by Crippen LogP contribution is -2.24. The van der Waals surface area contributed by atoms with E-state index in [4.69, 9.17) is 0 Å². The number of halogens is 1. The van der Waals surface area contributed by atoms with E-state index in [1.807, 2.05) is 11.3 Å². The van der Waals surface area contributed by atoms with Crippen molar-refractivity contribution in [2.75, 3.05) is 6.54 Å². The molecule has 0 saturated carbocycles. The van der Waals surface area contributed by atoms with Gasteiger partial charge >= 0.3 is 0 Å². The predicted molar refractivity (Wildman–Crippen MR) is 97.4 cm³/mol. The van der Waals surface area contributed by atoms with E-state index in [0.717, 1.165) is 19.4 Å². The van der Waals surface area contributed by atoms with Crippen LogP contribution in [0.4, 0.5) is 0 Å². The van der Waals surface area contributed by atoms with Gasteiger partial charge in [-0.1, -0.05) is 35.8 Å². The van der Waals surface area contributed by atoms with Gasteiger partial charge in [-0.3, -0.25) is 0 Å². The Morgan fingerprint density at radius 2 is 1.95 bits per heavy atom. The van der Waals surface area contributed by atoms with Crippen molar-refractivity contribution in [1.29, 1.82) is 0 Å². The van der Waals surface area contributed by atoms with Crippen LogP contribution in [0.2, 0.25) is 0 Å². The molecule has 0 bridgehead atoms. The van der Waals surface area contributed by atoms with Crippen LogP contribution < -0.4 is 5.32 Å². The van der Waals surface area contributed by atoms with Gasteiger partial charge in [-0.15, -0.1) is 11.3 Å². The number of nitrogens with one attached hydrogen (secondary N) is 1. The van der Waals surface area contributed by atoms with Gasteiger partial charge in [-0.25, -0.2) is 0 Å². The summed E-state index contributed by atoms with van der Waals surface area (Å²) in [5.74, 6) is 0. The molecule has 0 aliphatic rings. The molecule has 1 nitrogen and oxygen atoms in total. The summed E-state index contributed by atoms with van der Waals surface area (Å²) < 4.78 is 1.19. The summed E-state index contributed by atoms with van der Waals surface area (Å²) in [5.41, 5.74) is 5.51. The Morgan fingerprint density at radius 1 is 1.19 bits per heavy atom. The fourth-order valence-corrected chi connectivity index (χ4v) is 4.19. The number of benzene rings is 1. The molecular weight excluding hydrogens is 342 g/mol. The zero-order valence-corrected chi connectivity index (χ0v) is 15.7. The lowest BCUT2D eigenvalue weighted by atomic mass is 9.95. The van der Waals surface area contributed by atoms with Crippen LogP contribution in [0.3, 0.4) is 0 Å². The number of hydrogen-bond acceptors (Lipinski definition) is 2. The molecule has 0 fully saturated rings. The third-order valence-electron chi connectivity index (χ3n) is 3.88. The summed E-state index contributed by atoms with van der Waals surface area (Å²) in [4.78, 5) is 1.47. The summed E-state index contributed by atoms with van der Waals surface area (Å²) in [7, 11) is 0. The molecule has 1 heterocycles. The average Bonchev–Trinajstić information content (AvgIpc) is 2.93. The van der Waals surface area contributed by atoms with E-state index >= 15 is 0 Å². The Hall–Kier alpha value is -0.640. The van der Waals surface area contributed by atoms with E-state index in [0.29, 0.717) is 6.04 Å². The quantitative estimate of drug-likeness (QED) is 0.683. The molecule has 0 amide bonds. The topological polar surface area (TPSA) is 12.0 Å². The second kappa shape index (κ2) is 7.57. The van der Waals surface area contributed by atoms with Gasteiger partial charge in [0.1, 0.15) is 0 Å². The van der Waals surface area contributed by atoms with Crippen LogP contribution in [0, 0.1) is 13.8 Å². The van der Waals surface area contributed by atoms with Gasteiger partial charge < -0.3 is 5.32 Å². The number of thiophene rings is 1. The molecule has 2 rings (SSSR count). The summed E-state index contributed by atoms with van der Waals surface area (Å²) in [6.45, 7) is 9.87. The summed E-state index contributed by atoms with van der Waals surface area (Å²) in [5, 5.41) is 5.96. The monoisotopic (exact) mass is 365 g/mol. The third kappa shape index (κ3) is 3.77. The van der Waals surface area contributed by atoms with Gasteiger partial charge in [-0.05, 0) is 73.0 Å². The first kappa shape index (κ1) is 16.7. The maximum Gasteiger partial charge on any atom is 0.0676 e. The van der Waals surface area contributed by atoms with E-state index < -0.39 is 0 Å². The first-order chi connectivity index (χ1) is 10.1. The van der Waals surface area contributed by atoms with Crippen molar-refractivity contribution >= 4 is 27.3 Å². The second-order valence-corrected chi connectivity index (χ2v) is 7.31. The molecule has 2 aromatic rings. The molecular formula is C18H24BrNS. The first-order valence-electron chi connectivity index (χ1n) is 7.64. The smallest absolute Gasteiger partial charge is 0.0676 e. The van der Waals surface area contributed by atoms with Crippen molar-refractivity contribution in [3.63, 3.8) is 0 Å². The molecule has 1 unspecified atom stereocenters.